The van der Waals surface area contributed by atoms with Crippen LogP contribution in [0.1, 0.15) is 12.6 Å². The van der Waals surface area contributed by atoms with Crippen molar-refractivity contribution < 1.29 is 24.7 Å². The molecular weight excluding hydrogens is 370 g/mol. The highest BCUT2D eigenvalue weighted by Crippen LogP contribution is 2.40. The van der Waals surface area contributed by atoms with Gasteiger partial charge in [0, 0.05) is 11.1 Å². The van der Waals surface area contributed by atoms with Crippen molar-refractivity contribution in [1.82, 2.24) is 15.2 Å². The van der Waals surface area contributed by atoms with Crippen LogP contribution in [-0.2, 0) is 14.4 Å². The minimum atomic E-state index is -1.18. The van der Waals surface area contributed by atoms with Crippen molar-refractivity contribution in [2.45, 2.75) is 18.3 Å². The van der Waals surface area contributed by atoms with E-state index in [1.807, 2.05) is 0 Å². The van der Waals surface area contributed by atoms with Crippen molar-refractivity contribution in [2.24, 2.45) is 5.16 Å². The zero-order valence-electron chi connectivity index (χ0n) is 12.8. The third-order valence-corrected chi connectivity index (χ3v) is 5.83. The van der Waals surface area contributed by atoms with E-state index >= 15 is 0 Å². The van der Waals surface area contributed by atoms with E-state index in [9.17, 15) is 19.5 Å². The van der Waals surface area contributed by atoms with E-state index in [2.05, 4.69) is 15.5 Å². The number of nitrogens with two attached hydrogens (primary N) is 1. The summed E-state index contributed by atoms with van der Waals surface area (Å²) in [5.74, 6) is -2.07. The number of hydrogen-bond acceptors (Lipinski definition) is 9. The molecule has 2 atom stereocenters. The SMILES string of the molecule is CC1=C(C(=O)O)N2C(=O)C(NC(=O)/C(=N\O)c3csc(N)n3)[C@H]2SC1. The maximum absolute atomic E-state index is 12.3. The highest BCUT2D eigenvalue weighted by Gasteiger charge is 2.54. The lowest BCUT2D eigenvalue weighted by Gasteiger charge is -2.49. The summed E-state index contributed by atoms with van der Waals surface area (Å²) in [5, 5.41) is 24.9. The minimum Gasteiger partial charge on any atom is -0.477 e. The summed E-state index contributed by atoms with van der Waals surface area (Å²) in [7, 11) is 0. The smallest absolute Gasteiger partial charge is 0.352 e. The molecule has 132 valence electrons. The molecule has 2 aliphatic rings. The molecule has 12 heteroatoms. The van der Waals surface area contributed by atoms with Gasteiger partial charge in [-0.3, -0.25) is 14.5 Å². The molecule has 25 heavy (non-hydrogen) atoms. The lowest BCUT2D eigenvalue weighted by atomic mass is 10.0. The Balaban J connectivity index is 1.76. The molecule has 1 aromatic heterocycles. The van der Waals surface area contributed by atoms with E-state index in [0.717, 1.165) is 16.2 Å². The Morgan fingerprint density at radius 2 is 2.24 bits per heavy atom. The van der Waals surface area contributed by atoms with Gasteiger partial charge in [-0.1, -0.05) is 5.16 Å². The lowest BCUT2D eigenvalue weighted by Crippen LogP contribution is -2.71. The molecule has 0 saturated carbocycles. The van der Waals surface area contributed by atoms with Crippen molar-refractivity contribution in [2.75, 3.05) is 11.5 Å². The van der Waals surface area contributed by atoms with Crippen LogP contribution in [0.4, 0.5) is 5.13 Å². The Labute approximate surface area is 149 Å². The number of rotatable bonds is 4. The monoisotopic (exact) mass is 383 g/mol. The Kier molecular flexibility index (Phi) is 4.39. The Morgan fingerprint density at radius 1 is 1.52 bits per heavy atom. The fraction of sp³-hybridized carbons (Fsp3) is 0.308. The van der Waals surface area contributed by atoms with Crippen LogP contribution in [0.15, 0.2) is 21.8 Å². The largest absolute Gasteiger partial charge is 0.477 e. The van der Waals surface area contributed by atoms with Crippen molar-refractivity contribution in [1.29, 1.82) is 0 Å². The van der Waals surface area contributed by atoms with Crippen molar-refractivity contribution in [3.05, 3.63) is 22.3 Å². The van der Waals surface area contributed by atoms with Gasteiger partial charge in [-0.05, 0) is 12.5 Å². The first-order valence-electron chi connectivity index (χ1n) is 6.97. The maximum atomic E-state index is 12.3. The number of aromatic nitrogens is 1. The fourth-order valence-corrected chi connectivity index (χ4v) is 4.43. The highest BCUT2D eigenvalue weighted by molar-refractivity contribution is 8.00. The van der Waals surface area contributed by atoms with Crippen LogP contribution >= 0.6 is 23.1 Å². The number of aliphatic carboxylic acids is 1. The van der Waals surface area contributed by atoms with Crippen molar-refractivity contribution >= 4 is 51.7 Å². The van der Waals surface area contributed by atoms with E-state index < -0.39 is 29.2 Å². The second kappa shape index (κ2) is 6.37. The number of carbonyl (C=O) groups is 3. The van der Waals surface area contributed by atoms with Crippen LogP contribution < -0.4 is 11.1 Å². The Bertz CT molecular complexity index is 833. The third kappa shape index (κ3) is 2.82. The molecule has 1 aromatic rings. The number of fused-ring (bicyclic) bond motifs is 1. The molecule has 1 fully saturated rings. The standard InChI is InChI=1S/C13H13N5O5S2/c1-4-2-24-11-7(10(20)18(11)8(4)12(21)22)16-9(19)6(17-23)5-3-25-13(14)15-5/h3,7,11,23H,2H2,1H3,(H2,14,15)(H,16,19)(H,21,22)/b17-6-/t7?,11-/m1/s1. The highest BCUT2D eigenvalue weighted by atomic mass is 32.2. The molecule has 0 aliphatic carbocycles. The summed E-state index contributed by atoms with van der Waals surface area (Å²) in [5.41, 5.74) is 5.74. The van der Waals surface area contributed by atoms with Gasteiger partial charge in [-0.2, -0.15) is 0 Å². The molecule has 5 N–H and O–H groups in total. The number of nitrogens with one attached hydrogen (secondary N) is 1. The number of hydrogen-bond donors (Lipinski definition) is 4. The minimum absolute atomic E-state index is 0.0532. The van der Waals surface area contributed by atoms with Crippen molar-refractivity contribution in [3.8, 4) is 0 Å². The summed E-state index contributed by atoms with van der Waals surface area (Å²) in [6.07, 6.45) is 0. The number of thioether (sulfide) groups is 1. The number of carboxylic acids is 1. The molecule has 0 aromatic carbocycles. The van der Waals surface area contributed by atoms with Crippen LogP contribution in [-0.4, -0.2) is 60.9 Å². The normalized spacial score (nSPS) is 23.2. The number of β-lactam (4-membered cyclic amide) rings is 1. The van der Waals surface area contributed by atoms with E-state index in [-0.39, 0.29) is 22.2 Å². The number of thiazole rings is 1. The summed E-state index contributed by atoms with van der Waals surface area (Å²) in [6.45, 7) is 1.65. The first-order chi connectivity index (χ1) is 11.8. The van der Waals surface area contributed by atoms with Gasteiger partial charge >= 0.3 is 5.97 Å². The summed E-state index contributed by atoms with van der Waals surface area (Å²) in [6, 6.07) is -0.910. The molecule has 3 rings (SSSR count). The molecule has 0 radical (unpaired) electrons. The average molecular weight is 383 g/mol. The van der Waals surface area contributed by atoms with Gasteiger partial charge in [0.2, 0.25) is 0 Å². The second-order valence-corrected chi connectivity index (χ2v) is 7.31. The van der Waals surface area contributed by atoms with Crippen LogP contribution in [0.3, 0.4) is 0 Å². The Morgan fingerprint density at radius 3 is 2.80 bits per heavy atom. The first-order valence-corrected chi connectivity index (χ1v) is 8.90. The number of nitrogens with zero attached hydrogens (tertiary/aromatic N) is 3. The number of carbonyl (C=O) groups excluding carboxylic acids is 2. The van der Waals surface area contributed by atoms with Gasteiger partial charge in [-0.25, -0.2) is 9.78 Å². The van der Waals surface area contributed by atoms with E-state index in [1.165, 1.54) is 17.1 Å². The molecule has 1 unspecified atom stereocenters. The van der Waals surface area contributed by atoms with Gasteiger partial charge < -0.3 is 21.4 Å². The fourth-order valence-electron chi connectivity index (χ4n) is 2.59. The predicted octanol–water partition coefficient (Wildman–Crippen LogP) is -0.338. The summed E-state index contributed by atoms with van der Waals surface area (Å²) < 4.78 is 0. The molecule has 2 aliphatic heterocycles. The van der Waals surface area contributed by atoms with E-state index in [4.69, 9.17) is 10.9 Å². The van der Waals surface area contributed by atoms with Crippen LogP contribution in [0, 0.1) is 0 Å². The van der Waals surface area contributed by atoms with E-state index in [0.29, 0.717) is 11.3 Å². The molecule has 10 nitrogen and oxygen atoms in total. The van der Waals surface area contributed by atoms with Gasteiger partial charge in [0.1, 0.15) is 22.8 Å². The van der Waals surface area contributed by atoms with Gasteiger partial charge in [0.05, 0.1) is 0 Å². The van der Waals surface area contributed by atoms with Crippen LogP contribution in [0.25, 0.3) is 0 Å². The zero-order valence-corrected chi connectivity index (χ0v) is 14.4. The zero-order chi connectivity index (χ0) is 18.3. The van der Waals surface area contributed by atoms with Gasteiger partial charge in [0.25, 0.3) is 11.8 Å². The third-order valence-electron chi connectivity index (χ3n) is 3.73. The number of nitrogen functional groups attached to an aromatic ring is 1. The molecular formula is C13H13N5O5S2. The quantitative estimate of drug-likeness (QED) is 0.238. The lowest BCUT2D eigenvalue weighted by molar-refractivity contribution is -0.150. The van der Waals surface area contributed by atoms with Gasteiger partial charge in [0.15, 0.2) is 10.8 Å². The van der Waals surface area contributed by atoms with Gasteiger partial charge in [-0.15, -0.1) is 23.1 Å². The first kappa shape index (κ1) is 17.2. The number of amides is 2. The second-order valence-electron chi connectivity index (χ2n) is 5.31. The topological polar surface area (TPSA) is 158 Å². The summed E-state index contributed by atoms with van der Waals surface area (Å²) in [4.78, 5) is 41.0. The maximum Gasteiger partial charge on any atom is 0.352 e. The van der Waals surface area contributed by atoms with Crippen LogP contribution in [0.2, 0.25) is 0 Å². The van der Waals surface area contributed by atoms with Crippen LogP contribution in [0.5, 0.6) is 0 Å². The molecule has 0 bridgehead atoms. The average Bonchev–Trinajstić information content (AvgIpc) is 2.98. The molecule has 3 heterocycles. The molecule has 2 amide bonds. The number of anilines is 1. The molecule has 0 spiro atoms. The van der Waals surface area contributed by atoms with E-state index in [1.54, 1.807) is 6.92 Å². The van der Waals surface area contributed by atoms with Crippen molar-refractivity contribution in [3.63, 3.8) is 0 Å². The number of oxime groups is 1. The predicted molar refractivity (Wildman–Crippen MR) is 90.2 cm³/mol. The summed E-state index contributed by atoms with van der Waals surface area (Å²) >= 11 is 2.42. The molecule has 1 saturated heterocycles. The number of carboxylic acid groups (broad SMARTS) is 1. The Hall–Kier alpha value is -2.60.